The minimum absolute atomic E-state index is 0. The molecule has 0 N–H and O–H groups in total. The van der Waals surface area contributed by atoms with Crippen LogP contribution in [0.25, 0.3) is 0 Å². The van der Waals surface area contributed by atoms with Crippen LogP contribution < -0.4 is 34.5 Å². The Labute approximate surface area is 135 Å². The summed E-state index contributed by atoms with van der Waals surface area (Å²) in [6.45, 7) is 0. The van der Waals surface area contributed by atoms with Gasteiger partial charge in [0.2, 0.25) is 0 Å². The molecule has 0 fully saturated rings. The summed E-state index contributed by atoms with van der Waals surface area (Å²) in [6.07, 6.45) is -0.878. The Bertz CT molecular complexity index is 349. The van der Waals surface area contributed by atoms with Gasteiger partial charge in [-0.3, -0.25) is 9.59 Å². The number of carbonyl (C=O) groups is 2. The predicted octanol–water partition coefficient (Wildman–Crippen LogP) is -3.50. The first kappa shape index (κ1) is 21.4. The second-order valence-corrected chi connectivity index (χ2v) is 6.50. The van der Waals surface area contributed by atoms with Crippen molar-refractivity contribution in [3.05, 3.63) is 0 Å². The molecule has 0 bridgehead atoms. The smallest absolute Gasteiger partial charge is 0.798 e. The second-order valence-electron chi connectivity index (χ2n) is 4.22. The molecule has 0 rings (SSSR count). The van der Waals surface area contributed by atoms with Gasteiger partial charge in [0.25, 0.3) is 0 Å². The van der Waals surface area contributed by atoms with E-state index in [1.807, 2.05) is 0 Å². The van der Waals surface area contributed by atoms with E-state index in [4.69, 9.17) is 0 Å². The number of ether oxygens (including phenoxy) is 2. The quantitative estimate of drug-likeness (QED) is 0.273. The van der Waals surface area contributed by atoms with E-state index in [0.29, 0.717) is 0 Å². The number of nitrogens with zero attached hydrogens (tertiary/aromatic N) is 1. The van der Waals surface area contributed by atoms with Crippen molar-refractivity contribution < 1.29 is 58.1 Å². The van der Waals surface area contributed by atoms with Crippen molar-refractivity contribution in [2.75, 3.05) is 40.8 Å². The molecule has 0 aromatic carbocycles. The number of hydrogen-bond acceptors (Lipinski definition) is 7. The van der Waals surface area contributed by atoms with Crippen LogP contribution in [0, 0.1) is 5.92 Å². The molecule has 0 aliphatic carbocycles. The number of rotatable bonds is 7. The number of methoxy groups -OCH3 is 2. The molecule has 0 spiro atoms. The average Bonchev–Trinajstić information content (AvgIpc) is 2.24. The summed E-state index contributed by atoms with van der Waals surface area (Å²) >= 11 is 0. The largest absolute Gasteiger partial charge is 1.00 e. The van der Waals surface area contributed by atoms with Crippen molar-refractivity contribution in [3.63, 3.8) is 0 Å². The van der Waals surface area contributed by atoms with Crippen LogP contribution in [0.4, 0.5) is 0 Å². The van der Waals surface area contributed by atoms with Crippen LogP contribution in [0.5, 0.6) is 0 Å². The second kappa shape index (κ2) is 9.91. The summed E-state index contributed by atoms with van der Waals surface area (Å²) in [5.41, 5.74) is 0. The topological polar surface area (TPSA) is 96.0 Å². The van der Waals surface area contributed by atoms with Crippen molar-refractivity contribution in [1.82, 2.24) is 4.90 Å². The Morgan fingerprint density at radius 1 is 1.26 bits per heavy atom. The molecule has 9 heteroatoms. The fraction of sp³-hybridized carbons (Fsp3) is 0.800. The van der Waals surface area contributed by atoms with Crippen molar-refractivity contribution in [1.29, 1.82) is 0 Å². The maximum Gasteiger partial charge on any atom is 1.00 e. The van der Waals surface area contributed by atoms with Gasteiger partial charge in [0.1, 0.15) is 0 Å². The zero-order chi connectivity index (χ0) is 14.3. The van der Waals surface area contributed by atoms with Crippen LogP contribution in [0.2, 0.25) is 0 Å². The van der Waals surface area contributed by atoms with Gasteiger partial charge in [-0.05, 0) is 14.1 Å². The Kier molecular flexibility index (Phi) is 11.2. The van der Waals surface area contributed by atoms with E-state index in [9.17, 15) is 19.0 Å². The zero-order valence-electron chi connectivity index (χ0n) is 12.0. The van der Waals surface area contributed by atoms with Gasteiger partial charge in [0.15, 0.2) is 0 Å². The van der Waals surface area contributed by atoms with Gasteiger partial charge in [0, 0.05) is 19.8 Å². The summed E-state index contributed by atoms with van der Waals surface area (Å²) in [6, 6.07) is 0. The van der Waals surface area contributed by atoms with E-state index in [-0.39, 0.29) is 42.3 Å². The molecule has 0 aliphatic heterocycles. The molecule has 19 heavy (non-hydrogen) atoms. The minimum atomic E-state index is -3.77. The Morgan fingerprint density at radius 2 is 1.79 bits per heavy atom. The predicted molar refractivity (Wildman–Crippen MR) is 63.2 cm³/mol. The molecule has 0 radical (unpaired) electrons. The Morgan fingerprint density at radius 3 is 2.16 bits per heavy atom. The molecule has 7 nitrogen and oxygen atoms in total. The monoisotopic (exact) mass is 303 g/mol. The first-order valence-corrected chi connectivity index (χ1v) is 7.30. The normalized spacial score (nSPS) is 15.1. The van der Waals surface area contributed by atoms with Crippen molar-refractivity contribution in [2.45, 2.75) is 6.42 Å². The Balaban J connectivity index is 0. The Hall–Kier alpha value is 0.0900. The van der Waals surface area contributed by atoms with Gasteiger partial charge in [-0.1, -0.05) is 0 Å². The first-order valence-electron chi connectivity index (χ1n) is 5.30. The van der Waals surface area contributed by atoms with Crippen molar-refractivity contribution >= 4 is 19.3 Å². The molecule has 0 aromatic rings. The van der Waals surface area contributed by atoms with Crippen molar-refractivity contribution in [3.8, 4) is 0 Å². The van der Waals surface area contributed by atoms with E-state index < -0.39 is 31.4 Å². The summed E-state index contributed by atoms with van der Waals surface area (Å²) in [5.74, 6) is -2.39. The zero-order valence-corrected chi connectivity index (χ0v) is 14.9. The molecule has 2 atom stereocenters. The molecule has 0 saturated carbocycles. The molecular weight excluding hydrogens is 284 g/mol. The van der Waals surface area contributed by atoms with Crippen LogP contribution in [-0.4, -0.2) is 57.6 Å². The third-order valence-electron chi connectivity index (χ3n) is 2.17. The summed E-state index contributed by atoms with van der Waals surface area (Å²) in [7, 11) is 1.77. The van der Waals surface area contributed by atoms with E-state index >= 15 is 0 Å². The van der Waals surface area contributed by atoms with E-state index in [1.54, 1.807) is 14.1 Å². The molecule has 106 valence electrons. The molecular formula is C10H19NNaO6P. The number of carbonyl (C=O) groups excluding carboxylic acids is 2. The van der Waals surface area contributed by atoms with Gasteiger partial charge in [-0.15, -0.1) is 0 Å². The third-order valence-corrected chi connectivity index (χ3v) is 4.17. The molecule has 2 unspecified atom stereocenters. The average molecular weight is 303 g/mol. The standard InChI is InChI=1S/C10H20NO6P.Na/c1-11(2)7-18(14,15)6-8(10(13)17-4)5-9(12)16-3;/h8H,5-7H2,1-4H3,(H,14,15);/q;+1/p-1. The van der Waals surface area contributed by atoms with Gasteiger partial charge < -0.3 is 23.8 Å². The first-order chi connectivity index (χ1) is 8.21. The van der Waals surface area contributed by atoms with Crippen LogP contribution >= 0.6 is 7.37 Å². The van der Waals surface area contributed by atoms with Gasteiger partial charge >= 0.3 is 41.5 Å². The van der Waals surface area contributed by atoms with Crippen LogP contribution in [0.15, 0.2) is 0 Å². The minimum Gasteiger partial charge on any atom is -0.798 e. The van der Waals surface area contributed by atoms with E-state index in [2.05, 4.69) is 9.47 Å². The van der Waals surface area contributed by atoms with Gasteiger partial charge in [-0.2, -0.15) is 0 Å². The molecule has 0 amide bonds. The van der Waals surface area contributed by atoms with Gasteiger partial charge in [-0.25, -0.2) is 0 Å². The summed E-state index contributed by atoms with van der Waals surface area (Å²) < 4.78 is 20.7. The maximum atomic E-state index is 11.8. The summed E-state index contributed by atoms with van der Waals surface area (Å²) in [5, 5.41) is 0. The fourth-order valence-corrected chi connectivity index (χ4v) is 3.43. The van der Waals surface area contributed by atoms with Gasteiger partial charge in [0.05, 0.1) is 26.6 Å². The molecule has 0 aliphatic rings. The number of esters is 2. The molecule has 0 saturated heterocycles. The van der Waals surface area contributed by atoms with E-state index in [1.165, 1.54) is 12.0 Å². The van der Waals surface area contributed by atoms with Crippen LogP contribution in [0.3, 0.4) is 0 Å². The fourth-order valence-electron chi connectivity index (χ4n) is 1.50. The van der Waals surface area contributed by atoms with Crippen LogP contribution in [0.1, 0.15) is 6.42 Å². The van der Waals surface area contributed by atoms with Crippen LogP contribution in [-0.2, 0) is 23.6 Å². The summed E-state index contributed by atoms with van der Waals surface area (Å²) in [4.78, 5) is 35.8. The SMILES string of the molecule is COC(=O)CC(CP(=O)([O-])CN(C)C)C(=O)OC.[Na+]. The van der Waals surface area contributed by atoms with E-state index in [0.717, 1.165) is 7.11 Å². The third kappa shape index (κ3) is 9.60. The maximum absolute atomic E-state index is 11.8. The number of hydrogen-bond donors (Lipinski definition) is 0. The van der Waals surface area contributed by atoms with Crippen molar-refractivity contribution in [2.24, 2.45) is 5.92 Å². The molecule has 0 heterocycles. The molecule has 0 aromatic heterocycles.